The van der Waals surface area contributed by atoms with Crippen LogP contribution in [-0.4, -0.2) is 51.8 Å². The Morgan fingerprint density at radius 2 is 2.00 bits per heavy atom. The van der Waals surface area contributed by atoms with Gasteiger partial charge in [-0.1, -0.05) is 12.1 Å². The van der Waals surface area contributed by atoms with Crippen LogP contribution in [0.5, 0.6) is 17.4 Å². The molecule has 1 aromatic carbocycles. The van der Waals surface area contributed by atoms with E-state index in [0.717, 1.165) is 56.9 Å². The van der Waals surface area contributed by atoms with E-state index >= 15 is 0 Å². The summed E-state index contributed by atoms with van der Waals surface area (Å²) >= 11 is 0. The highest BCUT2D eigenvalue weighted by Crippen LogP contribution is 2.51. The molecule has 1 aliphatic carbocycles. The third kappa shape index (κ3) is 3.69. The quantitative estimate of drug-likeness (QED) is 0.567. The summed E-state index contributed by atoms with van der Waals surface area (Å²) in [6.45, 7) is 3.46. The van der Waals surface area contributed by atoms with Crippen LogP contribution in [-0.2, 0) is 13.0 Å². The highest BCUT2D eigenvalue weighted by atomic mass is 16.5. The van der Waals surface area contributed by atoms with E-state index < -0.39 is 5.91 Å². The topological polar surface area (TPSA) is 128 Å². The minimum absolute atomic E-state index is 0.206. The van der Waals surface area contributed by atoms with Crippen molar-refractivity contribution in [2.45, 2.75) is 31.9 Å². The molecule has 0 radical (unpaired) electrons. The van der Waals surface area contributed by atoms with E-state index in [4.69, 9.17) is 15.2 Å². The van der Waals surface area contributed by atoms with Gasteiger partial charge in [-0.25, -0.2) is 4.98 Å². The second-order valence-electron chi connectivity index (χ2n) is 9.22. The summed E-state index contributed by atoms with van der Waals surface area (Å²) in [5.74, 6) is 1.59. The highest BCUT2D eigenvalue weighted by Gasteiger charge is 2.54. The zero-order valence-electron chi connectivity index (χ0n) is 18.6. The van der Waals surface area contributed by atoms with E-state index in [0.29, 0.717) is 11.6 Å². The number of primary amides is 1. The minimum atomic E-state index is -0.566. The predicted octanol–water partition coefficient (Wildman–Crippen LogP) is 1.85. The van der Waals surface area contributed by atoms with Crippen LogP contribution in [0.1, 0.15) is 34.5 Å². The Morgan fingerprint density at radius 3 is 2.85 bits per heavy atom. The van der Waals surface area contributed by atoms with E-state index in [-0.39, 0.29) is 23.0 Å². The number of para-hydroxylation sites is 1. The second-order valence-corrected chi connectivity index (χ2v) is 9.22. The number of ether oxygens (including phenoxy) is 2. The molecule has 2 aliphatic heterocycles. The van der Waals surface area contributed by atoms with Crippen molar-refractivity contribution in [3.05, 3.63) is 59.7 Å². The Labute approximate surface area is 196 Å². The molecule has 3 aliphatic rings. The summed E-state index contributed by atoms with van der Waals surface area (Å²) in [6.07, 6.45) is 6.38. The number of hydrogen-bond donors (Lipinski definition) is 2. The van der Waals surface area contributed by atoms with E-state index in [9.17, 15) is 4.79 Å². The maximum atomic E-state index is 11.7. The summed E-state index contributed by atoms with van der Waals surface area (Å²) in [6, 6.07) is 8.77. The van der Waals surface area contributed by atoms with Gasteiger partial charge in [-0.15, -0.1) is 10.2 Å². The minimum Gasteiger partial charge on any atom is -0.490 e. The number of rotatable bonds is 6. The molecular weight excluding hydrogens is 434 g/mol. The number of amides is 1. The first-order valence-corrected chi connectivity index (χ1v) is 11.4. The zero-order valence-corrected chi connectivity index (χ0v) is 18.6. The fourth-order valence-corrected chi connectivity index (χ4v) is 5.20. The third-order valence-corrected chi connectivity index (χ3v) is 6.84. The lowest BCUT2D eigenvalue weighted by Gasteiger charge is -2.58. The van der Waals surface area contributed by atoms with Crippen LogP contribution in [0.3, 0.4) is 0 Å². The highest BCUT2D eigenvalue weighted by molar-refractivity contribution is 5.95. The van der Waals surface area contributed by atoms with Gasteiger partial charge in [-0.2, -0.15) is 0 Å². The number of hydrogen-bond acceptors (Lipinski definition) is 9. The second kappa shape index (κ2) is 8.21. The van der Waals surface area contributed by atoms with Crippen molar-refractivity contribution in [3.8, 4) is 17.4 Å². The number of aromatic nitrogens is 4. The van der Waals surface area contributed by atoms with Crippen molar-refractivity contribution in [2.24, 2.45) is 11.1 Å². The molecule has 3 N–H and O–H groups in total. The monoisotopic (exact) mass is 459 g/mol. The molecule has 34 heavy (non-hydrogen) atoms. The van der Waals surface area contributed by atoms with Gasteiger partial charge in [0.2, 0.25) is 0 Å². The van der Waals surface area contributed by atoms with Gasteiger partial charge in [-0.3, -0.25) is 9.78 Å². The maximum Gasteiger partial charge on any atom is 0.282 e. The zero-order chi connectivity index (χ0) is 23.1. The molecule has 3 aromatic rings. The first-order chi connectivity index (χ1) is 16.6. The van der Waals surface area contributed by atoms with Crippen molar-refractivity contribution in [2.75, 3.05) is 24.5 Å². The van der Waals surface area contributed by atoms with Crippen molar-refractivity contribution in [1.29, 1.82) is 0 Å². The number of nitrogens with two attached hydrogens (primary N) is 1. The largest absolute Gasteiger partial charge is 0.490 e. The molecule has 2 fully saturated rings. The summed E-state index contributed by atoms with van der Waals surface area (Å²) in [7, 11) is 0. The Bertz CT molecular complexity index is 1240. The van der Waals surface area contributed by atoms with Gasteiger partial charge in [0.1, 0.15) is 23.9 Å². The number of carbonyl (C=O) groups is 1. The number of anilines is 1. The van der Waals surface area contributed by atoms with Crippen LogP contribution >= 0.6 is 0 Å². The molecule has 6 rings (SSSR count). The maximum absolute atomic E-state index is 11.7. The lowest BCUT2D eigenvalue weighted by molar-refractivity contribution is -0.0350. The smallest absolute Gasteiger partial charge is 0.282 e. The van der Waals surface area contributed by atoms with Crippen molar-refractivity contribution in [3.63, 3.8) is 0 Å². The summed E-state index contributed by atoms with van der Waals surface area (Å²) < 4.78 is 12.3. The molecule has 0 unspecified atom stereocenters. The summed E-state index contributed by atoms with van der Waals surface area (Å²) in [5, 5.41) is 11.4. The Balaban J connectivity index is 1.10. The molecule has 4 heterocycles. The molecule has 2 aromatic heterocycles. The van der Waals surface area contributed by atoms with E-state index in [1.807, 2.05) is 12.3 Å². The van der Waals surface area contributed by atoms with Crippen LogP contribution < -0.4 is 25.4 Å². The van der Waals surface area contributed by atoms with E-state index in [2.05, 4.69) is 30.4 Å². The molecule has 1 saturated heterocycles. The summed E-state index contributed by atoms with van der Waals surface area (Å²) in [5.41, 5.74) is 8.30. The molecule has 174 valence electrons. The van der Waals surface area contributed by atoms with Gasteiger partial charge in [0.05, 0.1) is 5.56 Å². The standard InChI is InChI=1S/C24H25N7O3/c25-21(32)16-3-1-2-4-19(16)34-23-22(28-14-29-30-23)31-12-24(13-31)9-15(10-24)33-20-6-8-27-18-5-7-26-11-17(18)20/h1-4,6,8,14-15,26H,5,7,9-13H2,(H2,25,32). The van der Waals surface area contributed by atoms with Crippen molar-refractivity contribution >= 4 is 11.7 Å². The van der Waals surface area contributed by atoms with Crippen LogP contribution in [0.25, 0.3) is 0 Å². The van der Waals surface area contributed by atoms with Crippen molar-refractivity contribution < 1.29 is 14.3 Å². The number of nitrogens with one attached hydrogen (secondary N) is 1. The van der Waals surface area contributed by atoms with Crippen LogP contribution in [0.4, 0.5) is 5.82 Å². The first-order valence-electron chi connectivity index (χ1n) is 11.4. The number of nitrogens with zero attached hydrogens (tertiary/aromatic N) is 5. The Morgan fingerprint density at radius 1 is 1.15 bits per heavy atom. The first kappa shape index (κ1) is 20.8. The molecule has 1 spiro atoms. The molecular formula is C24H25N7O3. The third-order valence-electron chi connectivity index (χ3n) is 6.84. The van der Waals surface area contributed by atoms with Gasteiger partial charge in [0, 0.05) is 55.5 Å². The van der Waals surface area contributed by atoms with Crippen LogP contribution in [0.2, 0.25) is 0 Å². The molecule has 10 nitrogen and oxygen atoms in total. The summed E-state index contributed by atoms with van der Waals surface area (Å²) in [4.78, 5) is 22.8. The SMILES string of the molecule is NC(=O)c1ccccc1Oc1nncnc1N1CC2(CC(Oc3ccnc4c3CNCC4)C2)C1. The Kier molecular flexibility index (Phi) is 5.02. The van der Waals surface area contributed by atoms with Gasteiger partial charge < -0.3 is 25.4 Å². The number of pyridine rings is 1. The predicted molar refractivity (Wildman–Crippen MR) is 123 cm³/mol. The van der Waals surface area contributed by atoms with Gasteiger partial charge >= 0.3 is 0 Å². The Hall–Kier alpha value is -3.79. The lowest BCUT2D eigenvalue weighted by atomic mass is 9.61. The normalized spacial score (nSPS) is 18.5. The van der Waals surface area contributed by atoms with E-state index in [1.54, 1.807) is 24.3 Å². The fraction of sp³-hybridized carbons (Fsp3) is 0.375. The number of benzene rings is 1. The van der Waals surface area contributed by atoms with Gasteiger partial charge in [0.15, 0.2) is 5.82 Å². The lowest BCUT2D eigenvalue weighted by Crippen LogP contribution is -2.65. The molecule has 0 bridgehead atoms. The average molecular weight is 460 g/mol. The average Bonchev–Trinajstić information content (AvgIpc) is 2.81. The fourth-order valence-electron chi connectivity index (χ4n) is 5.20. The molecule has 0 atom stereocenters. The van der Waals surface area contributed by atoms with Crippen LogP contribution in [0, 0.1) is 5.41 Å². The van der Waals surface area contributed by atoms with Gasteiger partial charge in [-0.05, 0) is 31.0 Å². The number of fused-ring (bicyclic) bond motifs is 1. The molecule has 1 amide bonds. The van der Waals surface area contributed by atoms with Gasteiger partial charge in [0.25, 0.3) is 11.8 Å². The molecule has 10 heteroatoms. The van der Waals surface area contributed by atoms with E-state index in [1.165, 1.54) is 11.9 Å². The van der Waals surface area contributed by atoms with Crippen molar-refractivity contribution in [1.82, 2.24) is 25.5 Å². The van der Waals surface area contributed by atoms with Crippen LogP contribution in [0.15, 0.2) is 42.9 Å². The molecule has 1 saturated carbocycles. The number of carbonyl (C=O) groups excluding carboxylic acids is 1.